The van der Waals surface area contributed by atoms with E-state index in [1.165, 1.54) is 10.4 Å². The van der Waals surface area contributed by atoms with E-state index in [2.05, 4.69) is 0 Å². The van der Waals surface area contributed by atoms with Gasteiger partial charge in [0.25, 0.3) is 0 Å². The van der Waals surface area contributed by atoms with E-state index in [4.69, 9.17) is 11.0 Å². The van der Waals surface area contributed by atoms with E-state index in [0.717, 1.165) is 25.0 Å². The predicted octanol–water partition coefficient (Wildman–Crippen LogP) is 1.45. The van der Waals surface area contributed by atoms with Crippen LogP contribution in [0.3, 0.4) is 0 Å². The Morgan fingerprint density at radius 3 is 2.86 bits per heavy atom. The van der Waals surface area contributed by atoms with Crippen molar-refractivity contribution in [1.82, 2.24) is 4.31 Å². The van der Waals surface area contributed by atoms with Gasteiger partial charge in [0.15, 0.2) is 0 Å². The molecule has 1 saturated heterocycles. The Morgan fingerprint density at radius 1 is 1.52 bits per heavy atom. The second-order valence-electron chi connectivity index (χ2n) is 5.38. The van der Waals surface area contributed by atoms with Crippen LogP contribution in [0.5, 0.6) is 0 Å². The molecular weight excluding hydrogens is 293 g/mol. The van der Waals surface area contributed by atoms with Crippen LogP contribution in [-0.2, 0) is 10.0 Å². The van der Waals surface area contributed by atoms with E-state index >= 15 is 0 Å². The second-order valence-corrected chi connectivity index (χ2v) is 7.32. The van der Waals surface area contributed by atoms with Crippen LogP contribution in [0, 0.1) is 23.1 Å². The van der Waals surface area contributed by atoms with Gasteiger partial charge in [-0.1, -0.05) is 0 Å². The molecule has 1 aliphatic heterocycles. The zero-order valence-electron chi connectivity index (χ0n) is 11.8. The fraction of sp³-hybridized carbons (Fsp3) is 0.500. The third-order valence-corrected chi connectivity index (χ3v) is 5.72. The molecule has 0 spiro atoms. The molecule has 114 valence electrons. The Kier molecular flexibility index (Phi) is 4.61. The number of halogens is 1. The quantitative estimate of drug-likeness (QED) is 0.915. The van der Waals surface area contributed by atoms with Crippen molar-refractivity contribution in [3.63, 3.8) is 0 Å². The van der Waals surface area contributed by atoms with Crippen molar-refractivity contribution in [3.8, 4) is 6.07 Å². The Balaban J connectivity index is 2.32. The number of sulfonamides is 1. The predicted molar refractivity (Wildman–Crippen MR) is 76.2 cm³/mol. The zero-order chi connectivity index (χ0) is 15.6. The molecule has 0 radical (unpaired) electrons. The topological polar surface area (TPSA) is 87.2 Å². The first-order chi connectivity index (χ1) is 9.86. The highest BCUT2D eigenvalue weighted by Crippen LogP contribution is 2.25. The van der Waals surface area contributed by atoms with Gasteiger partial charge in [0.2, 0.25) is 10.0 Å². The minimum atomic E-state index is -3.72. The molecule has 5 nitrogen and oxygen atoms in total. The molecule has 2 rings (SSSR count). The number of benzene rings is 1. The van der Waals surface area contributed by atoms with Crippen LogP contribution < -0.4 is 5.73 Å². The number of piperidine rings is 1. The van der Waals surface area contributed by atoms with E-state index in [1.54, 1.807) is 6.07 Å². The summed E-state index contributed by atoms with van der Waals surface area (Å²) in [7, 11) is -3.72. The molecule has 0 bridgehead atoms. The van der Waals surface area contributed by atoms with Gasteiger partial charge >= 0.3 is 0 Å². The molecule has 7 heteroatoms. The molecule has 1 aromatic rings. The minimum Gasteiger partial charge on any atom is -0.328 e. The van der Waals surface area contributed by atoms with E-state index in [-0.39, 0.29) is 22.4 Å². The maximum Gasteiger partial charge on any atom is 0.243 e. The van der Waals surface area contributed by atoms with Gasteiger partial charge in [0.05, 0.1) is 10.5 Å². The SMILES string of the molecule is C[C@H](N)[C@H]1CCCN(S(=O)(=O)c2ccc(F)c(C#N)c2)C1. The number of hydrogen-bond acceptors (Lipinski definition) is 4. The van der Waals surface area contributed by atoms with Gasteiger partial charge in [-0.2, -0.15) is 9.57 Å². The largest absolute Gasteiger partial charge is 0.328 e. The Hall–Kier alpha value is -1.49. The van der Waals surface area contributed by atoms with Gasteiger partial charge in [-0.3, -0.25) is 0 Å². The van der Waals surface area contributed by atoms with Crippen LogP contribution in [0.2, 0.25) is 0 Å². The van der Waals surface area contributed by atoms with Gasteiger partial charge in [-0.15, -0.1) is 0 Å². The molecule has 2 atom stereocenters. The first kappa shape index (κ1) is 15.9. The summed E-state index contributed by atoms with van der Waals surface area (Å²) in [6, 6.07) is 4.87. The van der Waals surface area contributed by atoms with Crippen LogP contribution in [-0.4, -0.2) is 31.9 Å². The summed E-state index contributed by atoms with van der Waals surface area (Å²) in [4.78, 5) is -0.0502. The summed E-state index contributed by atoms with van der Waals surface area (Å²) in [5, 5.41) is 8.82. The van der Waals surface area contributed by atoms with Crippen LogP contribution in [0.4, 0.5) is 4.39 Å². The molecule has 1 fully saturated rings. The molecule has 0 aromatic heterocycles. The molecule has 0 unspecified atom stereocenters. The normalized spacial score (nSPS) is 21.7. The summed E-state index contributed by atoms with van der Waals surface area (Å²) in [5.41, 5.74) is 5.60. The highest BCUT2D eigenvalue weighted by atomic mass is 32.2. The van der Waals surface area contributed by atoms with Gasteiger partial charge < -0.3 is 5.73 Å². The van der Waals surface area contributed by atoms with Crippen molar-refractivity contribution in [2.45, 2.75) is 30.7 Å². The minimum absolute atomic E-state index is 0.0502. The highest BCUT2D eigenvalue weighted by molar-refractivity contribution is 7.89. The van der Waals surface area contributed by atoms with E-state index in [0.29, 0.717) is 13.1 Å². The summed E-state index contributed by atoms with van der Waals surface area (Å²) in [6.45, 7) is 2.65. The molecule has 0 amide bonds. The Morgan fingerprint density at radius 2 is 2.24 bits per heavy atom. The number of nitrogens with two attached hydrogens (primary N) is 1. The summed E-state index contributed by atoms with van der Waals surface area (Å²) < 4.78 is 39.9. The maximum atomic E-state index is 13.3. The number of hydrogen-bond donors (Lipinski definition) is 1. The van der Waals surface area contributed by atoms with Crippen LogP contribution >= 0.6 is 0 Å². The van der Waals surface area contributed by atoms with Gasteiger partial charge in [0.1, 0.15) is 11.9 Å². The highest BCUT2D eigenvalue weighted by Gasteiger charge is 2.31. The van der Waals surface area contributed by atoms with Gasteiger partial charge in [0, 0.05) is 19.1 Å². The lowest BCUT2D eigenvalue weighted by Crippen LogP contribution is -2.44. The molecule has 1 heterocycles. The Bertz CT molecular complexity index is 667. The number of nitriles is 1. The molecule has 2 N–H and O–H groups in total. The molecule has 1 aliphatic rings. The standard InChI is InChI=1S/C14H18FN3O2S/c1-10(17)11-3-2-6-18(9-11)21(19,20)13-4-5-14(15)12(7-13)8-16/h4-5,7,10-11H,2-3,6,9,17H2,1H3/t10-,11-/m0/s1. The van der Waals surface area contributed by atoms with E-state index < -0.39 is 15.8 Å². The Labute approximate surface area is 124 Å². The monoisotopic (exact) mass is 311 g/mol. The van der Waals surface area contributed by atoms with Gasteiger partial charge in [-0.05, 0) is 43.9 Å². The van der Waals surface area contributed by atoms with Crippen molar-refractivity contribution in [3.05, 3.63) is 29.6 Å². The zero-order valence-corrected chi connectivity index (χ0v) is 12.6. The van der Waals surface area contributed by atoms with Crippen molar-refractivity contribution < 1.29 is 12.8 Å². The molecule has 1 aromatic carbocycles. The van der Waals surface area contributed by atoms with E-state index in [1.807, 2.05) is 6.92 Å². The first-order valence-corrected chi connectivity index (χ1v) is 8.25. The number of rotatable bonds is 3. The van der Waals surface area contributed by atoms with Gasteiger partial charge in [-0.25, -0.2) is 12.8 Å². The molecule has 21 heavy (non-hydrogen) atoms. The third kappa shape index (κ3) is 3.23. The fourth-order valence-corrected chi connectivity index (χ4v) is 4.08. The smallest absolute Gasteiger partial charge is 0.243 e. The van der Waals surface area contributed by atoms with Crippen LogP contribution in [0.25, 0.3) is 0 Å². The lowest BCUT2D eigenvalue weighted by atomic mass is 9.93. The average Bonchev–Trinajstić information content (AvgIpc) is 2.47. The fourth-order valence-electron chi connectivity index (χ4n) is 2.52. The first-order valence-electron chi connectivity index (χ1n) is 6.81. The maximum absolute atomic E-state index is 13.3. The van der Waals surface area contributed by atoms with Crippen molar-refractivity contribution >= 4 is 10.0 Å². The molecular formula is C14H18FN3O2S. The van der Waals surface area contributed by atoms with E-state index in [9.17, 15) is 12.8 Å². The third-order valence-electron chi connectivity index (χ3n) is 3.86. The lowest BCUT2D eigenvalue weighted by Gasteiger charge is -2.33. The second kappa shape index (κ2) is 6.10. The van der Waals surface area contributed by atoms with Crippen molar-refractivity contribution in [2.75, 3.05) is 13.1 Å². The average molecular weight is 311 g/mol. The van der Waals surface area contributed by atoms with Crippen molar-refractivity contribution in [1.29, 1.82) is 5.26 Å². The van der Waals surface area contributed by atoms with Crippen molar-refractivity contribution in [2.24, 2.45) is 11.7 Å². The molecule has 0 saturated carbocycles. The summed E-state index contributed by atoms with van der Waals surface area (Å²) >= 11 is 0. The lowest BCUT2D eigenvalue weighted by molar-refractivity contribution is 0.243. The summed E-state index contributed by atoms with van der Waals surface area (Å²) in [6.07, 6.45) is 1.65. The summed E-state index contributed by atoms with van der Waals surface area (Å²) in [5.74, 6) is -0.604. The van der Waals surface area contributed by atoms with Crippen LogP contribution in [0.15, 0.2) is 23.1 Å². The molecule has 0 aliphatic carbocycles. The number of nitrogens with zero attached hydrogens (tertiary/aromatic N) is 2. The van der Waals surface area contributed by atoms with Crippen LogP contribution in [0.1, 0.15) is 25.3 Å².